The molecule has 2 aromatic rings. The van der Waals surface area contributed by atoms with Gasteiger partial charge in [0.2, 0.25) is 5.91 Å². The molecule has 4 rings (SSSR count). The highest BCUT2D eigenvalue weighted by atomic mass is 16.2. The highest BCUT2D eigenvalue weighted by molar-refractivity contribution is 6.00. The number of pyridine rings is 1. The molecule has 2 aliphatic rings. The molecule has 2 fully saturated rings. The third-order valence-corrected chi connectivity index (χ3v) is 5.82. The summed E-state index contributed by atoms with van der Waals surface area (Å²) in [6, 6.07) is 6.68. The minimum absolute atomic E-state index is 0.183. The number of rotatable bonds is 5. The SMILES string of the molecule is O=C(Nc1cc(CC2CCCCC2)[nH]n1)[C@@H]1CCCN1C(=O)c1ccccn1. The smallest absolute Gasteiger partial charge is 0.273 e. The molecule has 148 valence electrons. The van der Waals surface area contributed by atoms with Gasteiger partial charge >= 0.3 is 0 Å². The monoisotopic (exact) mass is 381 g/mol. The predicted molar refractivity (Wildman–Crippen MR) is 106 cm³/mol. The molecule has 7 nitrogen and oxygen atoms in total. The zero-order chi connectivity index (χ0) is 19.3. The number of anilines is 1. The molecule has 1 saturated carbocycles. The number of carbonyl (C=O) groups excluding carboxylic acids is 2. The number of hydrogen-bond acceptors (Lipinski definition) is 4. The van der Waals surface area contributed by atoms with Gasteiger partial charge in [0.25, 0.3) is 5.91 Å². The Morgan fingerprint density at radius 3 is 2.79 bits per heavy atom. The largest absolute Gasteiger partial charge is 0.325 e. The van der Waals surface area contributed by atoms with Crippen molar-refractivity contribution in [2.75, 3.05) is 11.9 Å². The molecule has 0 radical (unpaired) electrons. The Labute approximate surface area is 164 Å². The Hall–Kier alpha value is -2.70. The lowest BCUT2D eigenvalue weighted by atomic mass is 9.86. The number of nitrogens with zero attached hydrogens (tertiary/aromatic N) is 3. The zero-order valence-electron chi connectivity index (χ0n) is 16.1. The van der Waals surface area contributed by atoms with Crippen LogP contribution in [0.5, 0.6) is 0 Å². The summed E-state index contributed by atoms with van der Waals surface area (Å²) in [4.78, 5) is 31.2. The van der Waals surface area contributed by atoms with Crippen molar-refractivity contribution in [2.45, 2.75) is 57.4 Å². The van der Waals surface area contributed by atoms with Crippen LogP contribution in [0.15, 0.2) is 30.5 Å². The summed E-state index contributed by atoms with van der Waals surface area (Å²) in [7, 11) is 0. The topological polar surface area (TPSA) is 91.0 Å². The number of carbonyl (C=O) groups is 2. The van der Waals surface area contributed by atoms with Gasteiger partial charge < -0.3 is 10.2 Å². The molecule has 0 bridgehead atoms. The van der Waals surface area contributed by atoms with Crippen molar-refractivity contribution in [3.05, 3.63) is 41.9 Å². The van der Waals surface area contributed by atoms with E-state index < -0.39 is 6.04 Å². The number of likely N-dealkylation sites (tertiary alicyclic amines) is 1. The van der Waals surface area contributed by atoms with E-state index in [1.54, 1.807) is 29.3 Å². The van der Waals surface area contributed by atoms with Crippen LogP contribution in [0, 0.1) is 5.92 Å². The highest BCUT2D eigenvalue weighted by Gasteiger charge is 2.35. The Bertz CT molecular complexity index is 813. The molecule has 2 amide bonds. The van der Waals surface area contributed by atoms with Crippen LogP contribution in [0.1, 0.15) is 61.1 Å². The number of hydrogen-bond donors (Lipinski definition) is 2. The number of nitrogens with one attached hydrogen (secondary N) is 2. The first-order chi connectivity index (χ1) is 13.7. The second-order valence-corrected chi connectivity index (χ2v) is 7.85. The van der Waals surface area contributed by atoms with E-state index in [1.165, 1.54) is 32.1 Å². The molecule has 0 unspecified atom stereocenters. The lowest BCUT2D eigenvalue weighted by molar-refractivity contribution is -0.119. The molecule has 28 heavy (non-hydrogen) atoms. The van der Waals surface area contributed by atoms with Crippen LogP contribution in [-0.4, -0.2) is 44.5 Å². The van der Waals surface area contributed by atoms with Crippen LogP contribution in [0.2, 0.25) is 0 Å². The zero-order valence-corrected chi connectivity index (χ0v) is 16.1. The Morgan fingerprint density at radius 1 is 1.14 bits per heavy atom. The van der Waals surface area contributed by atoms with Crippen molar-refractivity contribution in [3.8, 4) is 0 Å². The van der Waals surface area contributed by atoms with Crippen LogP contribution in [0.3, 0.4) is 0 Å². The summed E-state index contributed by atoms with van der Waals surface area (Å²) in [6.07, 6.45) is 10.5. The van der Waals surface area contributed by atoms with Gasteiger partial charge in [0.1, 0.15) is 11.7 Å². The van der Waals surface area contributed by atoms with Crippen molar-refractivity contribution in [1.82, 2.24) is 20.1 Å². The van der Waals surface area contributed by atoms with E-state index >= 15 is 0 Å². The quantitative estimate of drug-likeness (QED) is 0.832. The maximum Gasteiger partial charge on any atom is 0.273 e. The van der Waals surface area contributed by atoms with Crippen LogP contribution >= 0.6 is 0 Å². The number of amides is 2. The maximum absolute atomic E-state index is 12.8. The van der Waals surface area contributed by atoms with Crippen LogP contribution in [-0.2, 0) is 11.2 Å². The van der Waals surface area contributed by atoms with Crippen molar-refractivity contribution >= 4 is 17.6 Å². The standard InChI is InChI=1S/C21H27N5O2/c27-20(18-10-6-12-26(18)21(28)17-9-4-5-11-22-17)23-19-14-16(24-25-19)13-15-7-2-1-3-8-15/h4-5,9,11,14-15,18H,1-3,6-8,10,12-13H2,(H2,23,24,25,27)/t18-/m0/s1. The van der Waals surface area contributed by atoms with E-state index in [0.29, 0.717) is 30.4 Å². The van der Waals surface area contributed by atoms with Crippen molar-refractivity contribution < 1.29 is 9.59 Å². The average Bonchev–Trinajstić information content (AvgIpc) is 3.38. The van der Waals surface area contributed by atoms with E-state index in [1.807, 2.05) is 6.07 Å². The third-order valence-electron chi connectivity index (χ3n) is 5.82. The fraction of sp³-hybridized carbons (Fsp3) is 0.524. The number of aromatic nitrogens is 3. The summed E-state index contributed by atoms with van der Waals surface area (Å²) in [6.45, 7) is 0.570. The van der Waals surface area contributed by atoms with Gasteiger partial charge in [-0.15, -0.1) is 0 Å². The lowest BCUT2D eigenvalue weighted by Crippen LogP contribution is -2.43. The van der Waals surface area contributed by atoms with Gasteiger partial charge in [0, 0.05) is 24.5 Å². The van der Waals surface area contributed by atoms with Gasteiger partial charge in [0.15, 0.2) is 5.82 Å². The average molecular weight is 381 g/mol. The van der Waals surface area contributed by atoms with Crippen molar-refractivity contribution in [1.29, 1.82) is 0 Å². The first kappa shape index (κ1) is 18.7. The van der Waals surface area contributed by atoms with E-state index in [-0.39, 0.29) is 11.8 Å². The normalized spacial score (nSPS) is 20.3. The van der Waals surface area contributed by atoms with E-state index in [0.717, 1.165) is 18.5 Å². The second kappa shape index (κ2) is 8.54. The molecule has 1 aliphatic carbocycles. The Balaban J connectivity index is 1.37. The number of aromatic amines is 1. The summed E-state index contributed by atoms with van der Waals surface area (Å²) >= 11 is 0. The maximum atomic E-state index is 12.8. The summed E-state index contributed by atoms with van der Waals surface area (Å²) in [5.41, 5.74) is 1.44. The van der Waals surface area contributed by atoms with Gasteiger partial charge in [-0.1, -0.05) is 38.2 Å². The molecule has 1 saturated heterocycles. The second-order valence-electron chi connectivity index (χ2n) is 7.85. The first-order valence-corrected chi connectivity index (χ1v) is 10.3. The van der Waals surface area contributed by atoms with E-state index in [2.05, 4.69) is 20.5 Å². The molecule has 0 spiro atoms. The van der Waals surface area contributed by atoms with Crippen LogP contribution < -0.4 is 5.32 Å². The van der Waals surface area contributed by atoms with E-state index in [4.69, 9.17) is 0 Å². The van der Waals surface area contributed by atoms with Crippen molar-refractivity contribution in [3.63, 3.8) is 0 Å². The Kier molecular flexibility index (Phi) is 5.69. The minimum atomic E-state index is -0.479. The van der Waals surface area contributed by atoms with Crippen LogP contribution in [0.25, 0.3) is 0 Å². The van der Waals surface area contributed by atoms with Gasteiger partial charge in [-0.3, -0.25) is 19.7 Å². The minimum Gasteiger partial charge on any atom is -0.325 e. The van der Waals surface area contributed by atoms with Gasteiger partial charge in [0.05, 0.1) is 0 Å². The molecule has 2 N–H and O–H groups in total. The summed E-state index contributed by atoms with van der Waals surface area (Å²) < 4.78 is 0. The molecular formula is C21H27N5O2. The molecular weight excluding hydrogens is 354 g/mol. The molecule has 0 aromatic carbocycles. The fourth-order valence-electron chi connectivity index (χ4n) is 4.36. The highest BCUT2D eigenvalue weighted by Crippen LogP contribution is 2.27. The number of H-pyrrole nitrogens is 1. The van der Waals surface area contributed by atoms with Gasteiger partial charge in [-0.2, -0.15) is 5.10 Å². The Morgan fingerprint density at radius 2 is 2.00 bits per heavy atom. The summed E-state index contributed by atoms with van der Waals surface area (Å²) in [5, 5.41) is 10.2. The molecule has 1 aliphatic heterocycles. The first-order valence-electron chi connectivity index (χ1n) is 10.3. The predicted octanol–water partition coefficient (Wildman–Crippen LogP) is 3.17. The molecule has 3 heterocycles. The fourth-order valence-corrected chi connectivity index (χ4v) is 4.36. The lowest BCUT2D eigenvalue weighted by Gasteiger charge is -2.23. The molecule has 1 atom stereocenters. The van der Waals surface area contributed by atoms with Gasteiger partial charge in [-0.25, -0.2) is 0 Å². The van der Waals surface area contributed by atoms with E-state index in [9.17, 15) is 9.59 Å². The third kappa shape index (κ3) is 4.24. The summed E-state index contributed by atoms with van der Waals surface area (Å²) in [5.74, 6) is 0.864. The molecule has 2 aromatic heterocycles. The molecule has 7 heteroatoms. The van der Waals surface area contributed by atoms with Gasteiger partial charge in [-0.05, 0) is 37.3 Å². The van der Waals surface area contributed by atoms with Crippen molar-refractivity contribution in [2.24, 2.45) is 5.92 Å². The van der Waals surface area contributed by atoms with Crippen LogP contribution in [0.4, 0.5) is 5.82 Å².